The van der Waals surface area contributed by atoms with Gasteiger partial charge in [0.25, 0.3) is 0 Å². The topological polar surface area (TPSA) is 71.5 Å². The van der Waals surface area contributed by atoms with Gasteiger partial charge in [-0.1, -0.05) is 6.07 Å². The second-order valence-corrected chi connectivity index (χ2v) is 3.68. The number of hydrogen-bond donors (Lipinski definition) is 2. The Morgan fingerprint density at radius 3 is 3.25 bits per heavy atom. The quantitative estimate of drug-likeness (QED) is 0.796. The van der Waals surface area contributed by atoms with Crippen molar-refractivity contribution in [3.05, 3.63) is 23.4 Å². The number of carboxylic acids is 1. The first-order chi connectivity index (χ1) is 7.75. The van der Waals surface area contributed by atoms with Crippen molar-refractivity contribution in [2.45, 2.75) is 19.4 Å². The number of aromatic nitrogens is 1. The molecule has 5 heteroatoms. The van der Waals surface area contributed by atoms with Gasteiger partial charge in [0, 0.05) is 6.54 Å². The number of anilines is 1. The van der Waals surface area contributed by atoms with E-state index in [-0.39, 0.29) is 6.42 Å². The van der Waals surface area contributed by atoms with Gasteiger partial charge in [-0.3, -0.25) is 4.79 Å². The summed E-state index contributed by atoms with van der Waals surface area (Å²) in [6.45, 7) is 1.69. The first kappa shape index (κ1) is 10.9. The Hall–Kier alpha value is -1.62. The number of carbonyl (C=O) groups is 1. The molecule has 0 amide bonds. The van der Waals surface area contributed by atoms with Crippen LogP contribution in [0.3, 0.4) is 0 Å². The fraction of sp³-hybridized carbons (Fsp3) is 0.455. The van der Waals surface area contributed by atoms with Gasteiger partial charge in [0.15, 0.2) is 0 Å². The van der Waals surface area contributed by atoms with E-state index >= 15 is 0 Å². The minimum Gasteiger partial charge on any atom is -0.481 e. The molecule has 0 aliphatic carbocycles. The molecule has 2 rings (SSSR count). The molecule has 1 aromatic heterocycles. The van der Waals surface area contributed by atoms with Crippen LogP contribution in [0.25, 0.3) is 0 Å². The summed E-state index contributed by atoms with van der Waals surface area (Å²) in [7, 11) is 0. The second-order valence-electron chi connectivity index (χ2n) is 3.68. The number of hydrogen-bond acceptors (Lipinski definition) is 4. The van der Waals surface area contributed by atoms with E-state index in [1.54, 1.807) is 0 Å². The maximum Gasteiger partial charge on any atom is 0.305 e. The Balaban J connectivity index is 1.97. The van der Waals surface area contributed by atoms with Crippen molar-refractivity contribution in [3.8, 4) is 0 Å². The van der Waals surface area contributed by atoms with Crippen molar-refractivity contribution >= 4 is 11.8 Å². The van der Waals surface area contributed by atoms with Crippen LogP contribution in [0.2, 0.25) is 0 Å². The van der Waals surface area contributed by atoms with Gasteiger partial charge in [-0.2, -0.15) is 0 Å². The van der Waals surface area contributed by atoms with Crippen molar-refractivity contribution in [2.75, 3.05) is 18.5 Å². The summed E-state index contributed by atoms with van der Waals surface area (Å²) in [5.41, 5.74) is 2.17. The van der Waals surface area contributed by atoms with E-state index in [4.69, 9.17) is 9.84 Å². The maximum atomic E-state index is 10.3. The molecule has 1 aliphatic rings. The van der Waals surface area contributed by atoms with Crippen LogP contribution in [0.4, 0.5) is 5.82 Å². The third kappa shape index (κ3) is 2.70. The highest BCUT2D eigenvalue weighted by atomic mass is 16.5. The molecule has 0 radical (unpaired) electrons. The second kappa shape index (κ2) is 4.94. The fourth-order valence-corrected chi connectivity index (χ4v) is 1.63. The van der Waals surface area contributed by atoms with Crippen LogP contribution < -0.4 is 5.32 Å². The smallest absolute Gasteiger partial charge is 0.305 e. The number of nitrogens with zero attached hydrogens (tertiary/aromatic N) is 1. The van der Waals surface area contributed by atoms with Gasteiger partial charge in [0.2, 0.25) is 0 Å². The molecule has 0 bridgehead atoms. The highest BCUT2D eigenvalue weighted by Gasteiger charge is 2.11. The molecule has 0 fully saturated rings. The number of rotatable bonds is 4. The standard InChI is InChI=1S/C11H14N2O3/c14-11(15)3-5-12-10-2-1-8-4-6-16-7-9(8)13-10/h1-2H,3-7H2,(H,12,13)(H,14,15). The number of nitrogens with one attached hydrogen (secondary N) is 1. The van der Waals surface area contributed by atoms with E-state index in [0.717, 1.165) is 18.7 Å². The van der Waals surface area contributed by atoms with Crippen LogP contribution in [0.1, 0.15) is 17.7 Å². The summed E-state index contributed by atoms with van der Waals surface area (Å²) >= 11 is 0. The van der Waals surface area contributed by atoms with E-state index in [2.05, 4.69) is 10.3 Å². The normalized spacial score (nSPS) is 14.2. The van der Waals surface area contributed by atoms with Crippen LogP contribution in [0.5, 0.6) is 0 Å². The molecule has 0 unspecified atom stereocenters. The lowest BCUT2D eigenvalue weighted by molar-refractivity contribution is -0.136. The van der Waals surface area contributed by atoms with Crippen molar-refractivity contribution in [1.82, 2.24) is 4.98 Å². The molecule has 0 saturated heterocycles. The summed E-state index contributed by atoms with van der Waals surface area (Å²) in [5, 5.41) is 11.5. The van der Waals surface area contributed by atoms with Crippen molar-refractivity contribution < 1.29 is 14.6 Å². The summed E-state index contributed by atoms with van der Waals surface area (Å²) in [6.07, 6.45) is 0.993. The SMILES string of the molecule is O=C(O)CCNc1ccc2c(n1)COCC2. The zero-order valence-electron chi connectivity index (χ0n) is 8.90. The van der Waals surface area contributed by atoms with Gasteiger partial charge in [-0.25, -0.2) is 4.98 Å². The van der Waals surface area contributed by atoms with Crippen LogP contribution in [0, 0.1) is 0 Å². The molecule has 16 heavy (non-hydrogen) atoms. The van der Waals surface area contributed by atoms with Crippen molar-refractivity contribution in [1.29, 1.82) is 0 Å². The lowest BCUT2D eigenvalue weighted by Crippen LogP contribution is -2.14. The van der Waals surface area contributed by atoms with E-state index in [9.17, 15) is 4.79 Å². The Morgan fingerprint density at radius 2 is 2.44 bits per heavy atom. The van der Waals surface area contributed by atoms with Crippen molar-refractivity contribution in [2.24, 2.45) is 0 Å². The van der Waals surface area contributed by atoms with E-state index in [0.29, 0.717) is 19.0 Å². The predicted octanol–water partition coefficient (Wildman–Crippen LogP) is 1.04. The van der Waals surface area contributed by atoms with Gasteiger partial charge in [0.05, 0.1) is 25.3 Å². The zero-order chi connectivity index (χ0) is 11.4. The molecule has 5 nitrogen and oxygen atoms in total. The number of fused-ring (bicyclic) bond motifs is 1. The highest BCUT2D eigenvalue weighted by Crippen LogP contribution is 2.16. The molecule has 0 saturated carbocycles. The molecule has 1 aliphatic heterocycles. The number of ether oxygens (including phenoxy) is 1. The molecule has 2 N–H and O–H groups in total. The molecule has 0 aromatic carbocycles. The van der Waals surface area contributed by atoms with Crippen LogP contribution in [-0.4, -0.2) is 29.2 Å². The minimum absolute atomic E-state index is 0.0925. The Labute approximate surface area is 93.5 Å². The van der Waals surface area contributed by atoms with Crippen LogP contribution >= 0.6 is 0 Å². The van der Waals surface area contributed by atoms with Crippen LogP contribution in [-0.2, 0) is 22.6 Å². The predicted molar refractivity (Wildman–Crippen MR) is 58.3 cm³/mol. The molecule has 0 atom stereocenters. The fourth-order valence-electron chi connectivity index (χ4n) is 1.63. The van der Waals surface area contributed by atoms with Gasteiger partial charge in [0.1, 0.15) is 5.82 Å². The summed E-state index contributed by atoms with van der Waals surface area (Å²) in [4.78, 5) is 14.7. The van der Waals surface area contributed by atoms with Gasteiger partial charge < -0.3 is 15.2 Å². The van der Waals surface area contributed by atoms with E-state index in [1.807, 2.05) is 12.1 Å². The lowest BCUT2D eigenvalue weighted by atomic mass is 10.1. The molecular formula is C11H14N2O3. The number of aliphatic carboxylic acids is 1. The van der Waals surface area contributed by atoms with Crippen molar-refractivity contribution in [3.63, 3.8) is 0 Å². The van der Waals surface area contributed by atoms with E-state index < -0.39 is 5.97 Å². The molecule has 1 aromatic rings. The van der Waals surface area contributed by atoms with Gasteiger partial charge in [-0.15, -0.1) is 0 Å². The zero-order valence-corrected chi connectivity index (χ0v) is 8.90. The van der Waals surface area contributed by atoms with Gasteiger partial charge >= 0.3 is 5.97 Å². The lowest BCUT2D eigenvalue weighted by Gasteiger charge is -2.16. The summed E-state index contributed by atoms with van der Waals surface area (Å²) < 4.78 is 5.31. The molecule has 2 heterocycles. The Bertz CT molecular complexity index is 393. The number of carboxylic acid groups (broad SMARTS) is 1. The third-order valence-corrected chi connectivity index (χ3v) is 2.47. The monoisotopic (exact) mass is 222 g/mol. The highest BCUT2D eigenvalue weighted by molar-refractivity contribution is 5.67. The Kier molecular flexibility index (Phi) is 3.36. The van der Waals surface area contributed by atoms with Gasteiger partial charge in [-0.05, 0) is 18.1 Å². The largest absolute Gasteiger partial charge is 0.481 e. The van der Waals surface area contributed by atoms with E-state index in [1.165, 1.54) is 5.56 Å². The first-order valence-electron chi connectivity index (χ1n) is 5.28. The molecule has 86 valence electrons. The summed E-state index contributed by atoms with van der Waals surface area (Å²) in [5.74, 6) is -0.0979. The average Bonchev–Trinajstić information content (AvgIpc) is 2.28. The first-order valence-corrected chi connectivity index (χ1v) is 5.28. The van der Waals surface area contributed by atoms with Crippen LogP contribution in [0.15, 0.2) is 12.1 Å². The Morgan fingerprint density at radius 1 is 1.56 bits per heavy atom. The maximum absolute atomic E-state index is 10.3. The molecular weight excluding hydrogens is 208 g/mol. The minimum atomic E-state index is -0.811. The molecule has 0 spiro atoms. The number of pyridine rings is 1. The third-order valence-electron chi connectivity index (χ3n) is 2.47. The average molecular weight is 222 g/mol. The summed E-state index contributed by atoms with van der Waals surface area (Å²) in [6, 6.07) is 3.90.